The molecule has 20 heavy (non-hydrogen) atoms. The molecule has 0 spiro atoms. The van der Waals surface area contributed by atoms with Gasteiger partial charge in [0, 0.05) is 6.20 Å². The summed E-state index contributed by atoms with van der Waals surface area (Å²) >= 11 is 0. The second-order valence-electron chi connectivity index (χ2n) is 4.11. The maximum atomic E-state index is 11.7. The summed E-state index contributed by atoms with van der Waals surface area (Å²) in [6, 6.07) is 3.31. The van der Waals surface area contributed by atoms with Crippen molar-refractivity contribution in [2.75, 3.05) is 18.2 Å². The lowest BCUT2D eigenvalue weighted by Gasteiger charge is -2.10. The van der Waals surface area contributed by atoms with Gasteiger partial charge in [0.15, 0.2) is 0 Å². The molecule has 2 aromatic rings. The summed E-state index contributed by atoms with van der Waals surface area (Å²) in [5.41, 5.74) is 7.11. The molecule has 0 saturated carbocycles. The summed E-state index contributed by atoms with van der Waals surface area (Å²) in [6.45, 7) is 2.23. The van der Waals surface area contributed by atoms with Gasteiger partial charge in [0.05, 0.1) is 31.2 Å². The molecule has 0 aliphatic rings. The molecule has 0 fully saturated rings. The largest absolute Gasteiger partial charge is 0.465 e. The van der Waals surface area contributed by atoms with E-state index in [4.69, 9.17) is 10.5 Å². The number of aryl methyl sites for hydroxylation is 1. The average molecular weight is 273 g/mol. The van der Waals surface area contributed by atoms with Crippen molar-refractivity contribution in [3.05, 3.63) is 41.6 Å². The molecule has 2 aromatic heterocycles. The molecular weight excluding hydrogens is 258 g/mol. The van der Waals surface area contributed by atoms with Gasteiger partial charge in [-0.2, -0.15) is 0 Å². The van der Waals surface area contributed by atoms with Crippen LogP contribution >= 0.6 is 0 Å². The number of rotatable bonds is 4. The Labute approximate surface area is 116 Å². The molecule has 3 N–H and O–H groups in total. The Morgan fingerprint density at radius 1 is 1.45 bits per heavy atom. The molecule has 7 nitrogen and oxygen atoms in total. The van der Waals surface area contributed by atoms with E-state index >= 15 is 0 Å². The second-order valence-corrected chi connectivity index (χ2v) is 4.11. The van der Waals surface area contributed by atoms with Gasteiger partial charge in [-0.05, 0) is 19.1 Å². The zero-order chi connectivity index (χ0) is 14.5. The van der Waals surface area contributed by atoms with E-state index < -0.39 is 5.97 Å². The van der Waals surface area contributed by atoms with Crippen LogP contribution in [0.2, 0.25) is 0 Å². The van der Waals surface area contributed by atoms with Crippen LogP contribution in [0.3, 0.4) is 0 Å². The number of nitrogens with one attached hydrogen (secondary N) is 1. The molecule has 2 heterocycles. The van der Waals surface area contributed by atoms with Crippen LogP contribution in [0.4, 0.5) is 11.5 Å². The van der Waals surface area contributed by atoms with E-state index in [0.717, 1.165) is 5.69 Å². The predicted molar refractivity (Wildman–Crippen MR) is 74.1 cm³/mol. The Kier molecular flexibility index (Phi) is 4.09. The number of esters is 1. The van der Waals surface area contributed by atoms with Crippen molar-refractivity contribution >= 4 is 17.5 Å². The summed E-state index contributed by atoms with van der Waals surface area (Å²) in [5.74, 6) is 0.594. The van der Waals surface area contributed by atoms with E-state index in [1.54, 1.807) is 12.3 Å². The highest BCUT2D eigenvalue weighted by atomic mass is 16.5. The molecule has 0 bridgehead atoms. The van der Waals surface area contributed by atoms with E-state index in [9.17, 15) is 4.79 Å². The molecule has 0 atom stereocenters. The summed E-state index contributed by atoms with van der Waals surface area (Å²) < 4.78 is 4.70. The molecule has 0 radical (unpaired) electrons. The standard InChI is InChI=1S/C13H15N5O2/c1-8-15-4-3-10(18-8)7-17-12-11(13(19)20-2)5-9(14)6-16-12/h3-6H,7,14H2,1-2H3,(H,16,17). The number of anilines is 2. The highest BCUT2D eigenvalue weighted by Crippen LogP contribution is 2.17. The second kappa shape index (κ2) is 5.96. The van der Waals surface area contributed by atoms with Crippen LogP contribution in [0.5, 0.6) is 0 Å². The van der Waals surface area contributed by atoms with Crippen molar-refractivity contribution in [2.24, 2.45) is 0 Å². The average Bonchev–Trinajstić information content (AvgIpc) is 2.45. The summed E-state index contributed by atoms with van der Waals surface area (Å²) in [6.07, 6.45) is 3.15. The number of nitrogen functional groups attached to an aromatic ring is 1. The lowest BCUT2D eigenvalue weighted by Crippen LogP contribution is -2.11. The Morgan fingerprint density at radius 2 is 2.25 bits per heavy atom. The van der Waals surface area contributed by atoms with E-state index in [0.29, 0.717) is 29.4 Å². The summed E-state index contributed by atoms with van der Waals surface area (Å²) in [7, 11) is 1.31. The molecule has 104 valence electrons. The van der Waals surface area contributed by atoms with Crippen LogP contribution in [0.1, 0.15) is 21.9 Å². The number of hydrogen-bond acceptors (Lipinski definition) is 7. The number of nitrogens with zero attached hydrogens (tertiary/aromatic N) is 3. The van der Waals surface area contributed by atoms with Gasteiger partial charge in [-0.1, -0.05) is 0 Å². The van der Waals surface area contributed by atoms with Crippen LogP contribution in [0.15, 0.2) is 24.5 Å². The van der Waals surface area contributed by atoms with Crippen molar-refractivity contribution in [1.82, 2.24) is 15.0 Å². The van der Waals surface area contributed by atoms with Crippen molar-refractivity contribution in [1.29, 1.82) is 0 Å². The van der Waals surface area contributed by atoms with Gasteiger partial charge in [0.2, 0.25) is 0 Å². The Morgan fingerprint density at radius 3 is 2.95 bits per heavy atom. The molecule has 0 aliphatic heterocycles. The number of pyridine rings is 1. The SMILES string of the molecule is COC(=O)c1cc(N)cnc1NCc1ccnc(C)n1. The fourth-order valence-electron chi connectivity index (χ4n) is 1.67. The number of nitrogens with two attached hydrogens (primary N) is 1. The van der Waals surface area contributed by atoms with Crippen molar-refractivity contribution in [2.45, 2.75) is 13.5 Å². The number of aromatic nitrogens is 3. The first-order valence-corrected chi connectivity index (χ1v) is 5.96. The fraction of sp³-hybridized carbons (Fsp3) is 0.231. The van der Waals surface area contributed by atoms with Crippen LogP contribution in [0.25, 0.3) is 0 Å². The van der Waals surface area contributed by atoms with E-state index in [1.807, 2.05) is 6.92 Å². The Bertz CT molecular complexity index is 630. The lowest BCUT2D eigenvalue weighted by atomic mass is 10.2. The van der Waals surface area contributed by atoms with E-state index in [2.05, 4.69) is 20.3 Å². The monoisotopic (exact) mass is 273 g/mol. The van der Waals surface area contributed by atoms with E-state index in [1.165, 1.54) is 19.4 Å². The van der Waals surface area contributed by atoms with Gasteiger partial charge in [-0.25, -0.2) is 19.7 Å². The van der Waals surface area contributed by atoms with Gasteiger partial charge >= 0.3 is 5.97 Å². The van der Waals surface area contributed by atoms with Gasteiger partial charge in [-0.15, -0.1) is 0 Å². The molecule has 0 aliphatic carbocycles. The fourth-order valence-corrected chi connectivity index (χ4v) is 1.67. The van der Waals surface area contributed by atoms with Crippen LogP contribution in [-0.2, 0) is 11.3 Å². The topological polar surface area (TPSA) is 103 Å². The first-order valence-electron chi connectivity index (χ1n) is 5.96. The minimum absolute atomic E-state index is 0.290. The number of hydrogen-bond donors (Lipinski definition) is 2. The zero-order valence-electron chi connectivity index (χ0n) is 11.3. The first kappa shape index (κ1) is 13.7. The minimum atomic E-state index is -0.494. The number of carbonyl (C=O) groups is 1. The van der Waals surface area contributed by atoms with Crippen LogP contribution in [-0.4, -0.2) is 28.0 Å². The molecule has 0 amide bonds. The maximum absolute atomic E-state index is 11.7. The van der Waals surface area contributed by atoms with Crippen LogP contribution < -0.4 is 11.1 Å². The van der Waals surface area contributed by atoms with Crippen molar-refractivity contribution in [3.63, 3.8) is 0 Å². The van der Waals surface area contributed by atoms with Crippen LogP contribution in [0, 0.1) is 6.92 Å². The zero-order valence-corrected chi connectivity index (χ0v) is 11.3. The van der Waals surface area contributed by atoms with Gasteiger partial charge in [-0.3, -0.25) is 0 Å². The maximum Gasteiger partial charge on any atom is 0.341 e. The first-order chi connectivity index (χ1) is 9.60. The van der Waals surface area contributed by atoms with Crippen molar-refractivity contribution in [3.8, 4) is 0 Å². The Balaban J connectivity index is 2.19. The molecule has 2 rings (SSSR count). The third-order valence-electron chi connectivity index (χ3n) is 2.58. The van der Waals surface area contributed by atoms with Crippen molar-refractivity contribution < 1.29 is 9.53 Å². The highest BCUT2D eigenvalue weighted by Gasteiger charge is 2.13. The predicted octanol–water partition coefficient (Wildman–Crippen LogP) is 1.16. The lowest BCUT2D eigenvalue weighted by molar-refractivity contribution is 0.0601. The molecule has 0 saturated heterocycles. The summed E-state index contributed by atoms with van der Waals surface area (Å²) in [4.78, 5) is 24.1. The molecular formula is C13H15N5O2. The van der Waals surface area contributed by atoms with E-state index in [-0.39, 0.29) is 0 Å². The van der Waals surface area contributed by atoms with Gasteiger partial charge < -0.3 is 15.8 Å². The third-order valence-corrected chi connectivity index (χ3v) is 2.58. The number of carbonyl (C=O) groups excluding carboxylic acids is 1. The molecule has 0 aromatic carbocycles. The highest BCUT2D eigenvalue weighted by molar-refractivity contribution is 5.95. The smallest absolute Gasteiger partial charge is 0.341 e. The third kappa shape index (κ3) is 3.19. The summed E-state index contributed by atoms with van der Waals surface area (Å²) in [5, 5.41) is 3.04. The quantitative estimate of drug-likeness (QED) is 0.805. The van der Waals surface area contributed by atoms with Gasteiger partial charge in [0.25, 0.3) is 0 Å². The normalized spacial score (nSPS) is 10.1. The minimum Gasteiger partial charge on any atom is -0.465 e. The molecule has 7 heteroatoms. The molecule has 0 unspecified atom stereocenters. The number of ether oxygens (including phenoxy) is 1. The number of methoxy groups -OCH3 is 1. The van der Waals surface area contributed by atoms with Gasteiger partial charge in [0.1, 0.15) is 17.2 Å². The Hall–Kier alpha value is -2.70.